The van der Waals surface area contributed by atoms with Crippen LogP contribution in [0.15, 0.2) is 85.1 Å². The lowest BCUT2D eigenvalue weighted by Crippen LogP contribution is -2.43. The summed E-state index contributed by atoms with van der Waals surface area (Å²) in [4.78, 5) is 45.9. The highest BCUT2D eigenvalue weighted by Crippen LogP contribution is 2.43. The standard InChI is InChI=1S/C49H82NO10P/c1-3-5-7-9-11-13-15-17-19-20-21-22-23-24-25-26-27-29-31-33-35-37-39-41-48(53)58-42-45(51)43-59-61(56,57)60-44-46(49(54)55)50-47(52)40-38-36-34-32-30-28-18-16-14-12-10-8-6-4-2/h5,7,11,13,17,19,21-22,24-25,27,29,33,35,45-46,51H,3-4,6,8-10,12,14-16,18,20,23,26,28,30-32,34,36-44H2,1-2H3,(H,50,52)(H,54,55)(H,56,57)/b7-5-,13-11-,19-17-,22-21-,25-24-,29-27-,35-33-. The number of aliphatic hydroxyl groups is 1. The summed E-state index contributed by atoms with van der Waals surface area (Å²) in [6.07, 6.45) is 53.3. The van der Waals surface area contributed by atoms with E-state index < -0.39 is 57.6 Å². The summed E-state index contributed by atoms with van der Waals surface area (Å²) in [5, 5.41) is 21.8. The highest BCUT2D eigenvalue weighted by atomic mass is 31.2. The van der Waals surface area contributed by atoms with Gasteiger partial charge in [-0.2, -0.15) is 0 Å². The summed E-state index contributed by atoms with van der Waals surface area (Å²) < 4.78 is 26.8. The van der Waals surface area contributed by atoms with Gasteiger partial charge in [0.15, 0.2) is 6.04 Å². The van der Waals surface area contributed by atoms with Gasteiger partial charge in [-0.1, -0.05) is 182 Å². The number of aliphatic carboxylic acids is 1. The molecule has 0 saturated heterocycles. The second-order valence-corrected chi connectivity index (χ2v) is 16.7. The van der Waals surface area contributed by atoms with Gasteiger partial charge in [0.05, 0.1) is 13.2 Å². The lowest BCUT2D eigenvalue weighted by Gasteiger charge is -2.18. The van der Waals surface area contributed by atoms with Crippen molar-refractivity contribution in [2.45, 2.75) is 187 Å². The van der Waals surface area contributed by atoms with Gasteiger partial charge in [-0.15, -0.1) is 0 Å². The number of phosphoric acid groups is 1. The Bertz CT molecular complexity index is 1350. The predicted molar refractivity (Wildman–Crippen MR) is 249 cm³/mol. The Morgan fingerprint density at radius 3 is 1.39 bits per heavy atom. The van der Waals surface area contributed by atoms with Crippen LogP contribution < -0.4 is 5.32 Å². The van der Waals surface area contributed by atoms with Crippen molar-refractivity contribution in [1.29, 1.82) is 0 Å². The molecule has 0 aliphatic heterocycles. The van der Waals surface area contributed by atoms with Crippen molar-refractivity contribution in [3.8, 4) is 0 Å². The van der Waals surface area contributed by atoms with Crippen LogP contribution in [0.2, 0.25) is 0 Å². The molecule has 1 amide bonds. The monoisotopic (exact) mass is 876 g/mol. The highest BCUT2D eigenvalue weighted by molar-refractivity contribution is 7.47. The summed E-state index contributed by atoms with van der Waals surface area (Å²) in [5.74, 6) is -2.44. The molecule has 0 aromatic rings. The van der Waals surface area contributed by atoms with Crippen molar-refractivity contribution < 1.29 is 47.8 Å². The molecule has 0 aromatic carbocycles. The van der Waals surface area contributed by atoms with Crippen LogP contribution in [0.3, 0.4) is 0 Å². The number of esters is 1. The van der Waals surface area contributed by atoms with E-state index in [0.29, 0.717) is 19.3 Å². The molecule has 0 spiro atoms. The molecule has 0 heterocycles. The van der Waals surface area contributed by atoms with E-state index in [1.165, 1.54) is 64.2 Å². The fraction of sp³-hybridized carbons (Fsp3) is 0.653. The first-order valence-corrected chi connectivity index (χ1v) is 24.6. The Morgan fingerprint density at radius 2 is 0.951 bits per heavy atom. The van der Waals surface area contributed by atoms with E-state index in [9.17, 15) is 34.1 Å². The van der Waals surface area contributed by atoms with Crippen LogP contribution in [0.1, 0.15) is 174 Å². The van der Waals surface area contributed by atoms with Gasteiger partial charge in [0.1, 0.15) is 12.7 Å². The zero-order valence-corrected chi connectivity index (χ0v) is 38.6. The van der Waals surface area contributed by atoms with Crippen molar-refractivity contribution in [3.63, 3.8) is 0 Å². The maximum atomic E-state index is 12.3. The number of rotatable bonds is 42. The molecule has 0 aromatic heterocycles. The Labute approximate surface area is 369 Å². The number of nitrogens with one attached hydrogen (secondary N) is 1. The summed E-state index contributed by atoms with van der Waals surface area (Å²) in [6.45, 7) is 2.41. The lowest BCUT2D eigenvalue weighted by molar-refractivity contribution is -0.147. The first kappa shape index (κ1) is 57.7. The van der Waals surface area contributed by atoms with Gasteiger partial charge in [-0.3, -0.25) is 18.6 Å². The normalized spacial score (nSPS) is 14.4. The van der Waals surface area contributed by atoms with Gasteiger partial charge >= 0.3 is 19.8 Å². The molecule has 11 nitrogen and oxygen atoms in total. The van der Waals surface area contributed by atoms with E-state index in [1.54, 1.807) is 0 Å². The SMILES string of the molecule is CC/C=C\C/C=C\C/C=C\C/C=C\C/C=C\C/C=C\C/C=C\CCCC(=O)OCC(O)COP(=O)(O)OCC(NC(=O)CCCCCCCCCCCCCCCC)C(=O)O. The van der Waals surface area contributed by atoms with E-state index in [0.717, 1.165) is 64.2 Å². The number of carbonyl (C=O) groups is 3. The predicted octanol–water partition coefficient (Wildman–Crippen LogP) is 12.3. The largest absolute Gasteiger partial charge is 0.480 e. The van der Waals surface area contributed by atoms with Crippen LogP contribution >= 0.6 is 7.82 Å². The van der Waals surface area contributed by atoms with Crippen molar-refractivity contribution in [2.75, 3.05) is 19.8 Å². The van der Waals surface area contributed by atoms with E-state index in [1.807, 2.05) is 12.2 Å². The van der Waals surface area contributed by atoms with Gasteiger partial charge in [0, 0.05) is 12.8 Å². The van der Waals surface area contributed by atoms with E-state index in [2.05, 4.69) is 92.1 Å². The average molecular weight is 876 g/mol. The van der Waals surface area contributed by atoms with E-state index in [-0.39, 0.29) is 12.8 Å². The lowest BCUT2D eigenvalue weighted by atomic mass is 10.0. The molecule has 4 N–H and O–H groups in total. The molecule has 0 aliphatic rings. The summed E-state index contributed by atoms with van der Waals surface area (Å²) >= 11 is 0. The molecule has 0 bridgehead atoms. The number of hydrogen-bond acceptors (Lipinski definition) is 8. The van der Waals surface area contributed by atoms with E-state index >= 15 is 0 Å². The number of hydrogen-bond donors (Lipinski definition) is 4. The van der Waals surface area contributed by atoms with Gasteiger partial charge in [-0.05, 0) is 64.2 Å². The number of carboxylic acids is 1. The minimum atomic E-state index is -4.77. The van der Waals surface area contributed by atoms with Crippen LogP contribution in [0.5, 0.6) is 0 Å². The zero-order valence-electron chi connectivity index (χ0n) is 37.7. The molecule has 61 heavy (non-hydrogen) atoms. The molecule has 0 aliphatic carbocycles. The van der Waals surface area contributed by atoms with Gasteiger partial charge in [0.25, 0.3) is 0 Å². The molecule has 3 unspecified atom stereocenters. The molecule has 0 radical (unpaired) electrons. The van der Waals surface area contributed by atoms with Crippen LogP contribution in [0.25, 0.3) is 0 Å². The fourth-order valence-corrected chi connectivity index (χ4v) is 6.66. The van der Waals surface area contributed by atoms with Crippen molar-refractivity contribution in [1.82, 2.24) is 5.32 Å². The van der Waals surface area contributed by atoms with Crippen molar-refractivity contribution in [3.05, 3.63) is 85.1 Å². The number of carboxylic acid groups (broad SMARTS) is 1. The number of carbonyl (C=O) groups excluding carboxylic acids is 2. The average Bonchev–Trinajstić information content (AvgIpc) is 3.24. The minimum Gasteiger partial charge on any atom is -0.480 e. The second-order valence-electron chi connectivity index (χ2n) is 15.2. The van der Waals surface area contributed by atoms with Crippen LogP contribution in [0.4, 0.5) is 0 Å². The number of unbranched alkanes of at least 4 members (excludes halogenated alkanes) is 14. The maximum Gasteiger partial charge on any atom is 0.472 e. The summed E-state index contributed by atoms with van der Waals surface area (Å²) in [7, 11) is -4.77. The summed E-state index contributed by atoms with van der Waals surface area (Å²) in [6, 6.07) is -1.55. The first-order chi connectivity index (χ1) is 29.6. The topological polar surface area (TPSA) is 169 Å². The highest BCUT2D eigenvalue weighted by Gasteiger charge is 2.28. The molecule has 3 atom stereocenters. The number of aliphatic hydroxyl groups excluding tert-OH is 1. The van der Waals surface area contributed by atoms with Gasteiger partial charge in [0.2, 0.25) is 5.91 Å². The second kappa shape index (κ2) is 43.3. The zero-order chi connectivity index (χ0) is 44.9. The Morgan fingerprint density at radius 1 is 0.541 bits per heavy atom. The Balaban J connectivity index is 3.98. The smallest absolute Gasteiger partial charge is 0.472 e. The number of phosphoric ester groups is 1. The van der Waals surface area contributed by atoms with Crippen LogP contribution in [-0.4, -0.2) is 64.9 Å². The molecule has 12 heteroatoms. The first-order valence-electron chi connectivity index (χ1n) is 23.1. The summed E-state index contributed by atoms with van der Waals surface area (Å²) in [5.41, 5.74) is 0. The van der Waals surface area contributed by atoms with Crippen molar-refractivity contribution >= 4 is 25.7 Å². The fourth-order valence-electron chi connectivity index (χ4n) is 5.89. The Hall–Kier alpha value is -3.34. The molecular formula is C49H82NO10P. The molecule has 0 rings (SSSR count). The number of allylic oxidation sites excluding steroid dienone is 14. The molecule has 0 saturated carbocycles. The minimum absolute atomic E-state index is 0.140. The molecule has 348 valence electrons. The molecule has 0 fully saturated rings. The maximum absolute atomic E-state index is 12.3. The van der Waals surface area contributed by atoms with Crippen LogP contribution in [0, 0.1) is 0 Å². The number of amides is 1. The van der Waals surface area contributed by atoms with Crippen LogP contribution in [-0.2, 0) is 32.7 Å². The third kappa shape index (κ3) is 43.1. The van der Waals surface area contributed by atoms with Gasteiger partial charge in [-0.25, -0.2) is 9.36 Å². The van der Waals surface area contributed by atoms with Crippen molar-refractivity contribution in [2.24, 2.45) is 0 Å². The third-order valence-corrected chi connectivity index (χ3v) is 10.4. The van der Waals surface area contributed by atoms with E-state index in [4.69, 9.17) is 13.8 Å². The molecular weight excluding hydrogens is 794 g/mol. The quantitative estimate of drug-likeness (QED) is 0.0200. The third-order valence-electron chi connectivity index (χ3n) is 9.45. The van der Waals surface area contributed by atoms with Gasteiger partial charge < -0.3 is 25.2 Å². The number of ether oxygens (including phenoxy) is 1. The Kier molecular flexibility index (Phi) is 40.9.